The number of hydrogen-bond donors (Lipinski definition) is 1. The van der Waals surface area contributed by atoms with Gasteiger partial charge >= 0.3 is 6.09 Å². The Balaban J connectivity index is 1.48. The Hall–Kier alpha value is -2.66. The molecule has 2 aliphatic heterocycles. The summed E-state index contributed by atoms with van der Waals surface area (Å²) in [4.78, 5) is 14.1. The van der Waals surface area contributed by atoms with Crippen LogP contribution in [0.15, 0.2) is 24.3 Å². The monoisotopic (exact) mass is 339 g/mol. The van der Waals surface area contributed by atoms with Crippen LogP contribution >= 0.6 is 11.3 Å². The first kappa shape index (κ1) is 13.7. The summed E-state index contributed by atoms with van der Waals surface area (Å²) in [7, 11) is 0. The molecule has 120 valence electrons. The molecule has 2 aromatic rings. The van der Waals surface area contributed by atoms with E-state index in [0.29, 0.717) is 10.1 Å². The molecule has 24 heavy (non-hydrogen) atoms. The molecule has 1 N–H and O–H groups in total. The second-order valence-electron chi connectivity index (χ2n) is 6.43. The molecule has 5 rings (SSSR count). The molecule has 8 heteroatoms. The summed E-state index contributed by atoms with van der Waals surface area (Å²) in [6.45, 7) is 1.92. The van der Waals surface area contributed by atoms with Crippen LogP contribution in [0.2, 0.25) is 0 Å². The van der Waals surface area contributed by atoms with Gasteiger partial charge in [-0.15, -0.1) is 10.2 Å². The van der Waals surface area contributed by atoms with E-state index < -0.39 is 11.8 Å². The Morgan fingerprint density at radius 1 is 1.38 bits per heavy atom. The van der Waals surface area contributed by atoms with Crippen molar-refractivity contribution in [1.29, 1.82) is 5.26 Å². The molecule has 3 aliphatic rings. The molecule has 1 spiro atoms. The van der Waals surface area contributed by atoms with E-state index in [0.717, 1.165) is 24.1 Å². The van der Waals surface area contributed by atoms with Crippen LogP contribution in [-0.2, 0) is 15.9 Å². The van der Waals surface area contributed by atoms with E-state index in [9.17, 15) is 10.1 Å². The number of benzene rings is 1. The lowest BCUT2D eigenvalue weighted by Gasteiger charge is -2.28. The molecule has 1 saturated heterocycles. The molecule has 1 aromatic heterocycles. The highest BCUT2D eigenvalue weighted by Crippen LogP contribution is 2.49. The number of nitrogens with one attached hydrogen (secondary N) is 1. The number of rotatable bonds is 2. The summed E-state index contributed by atoms with van der Waals surface area (Å²) in [5.74, 6) is 0. The van der Waals surface area contributed by atoms with Gasteiger partial charge in [-0.3, -0.25) is 4.90 Å². The first-order valence-corrected chi connectivity index (χ1v) is 8.56. The van der Waals surface area contributed by atoms with Gasteiger partial charge in [0.25, 0.3) is 5.72 Å². The highest BCUT2D eigenvalue weighted by Gasteiger charge is 2.59. The van der Waals surface area contributed by atoms with E-state index in [2.05, 4.69) is 21.6 Å². The maximum atomic E-state index is 12.5. The van der Waals surface area contributed by atoms with Gasteiger partial charge in [0, 0.05) is 5.69 Å². The van der Waals surface area contributed by atoms with E-state index in [1.807, 2.05) is 31.2 Å². The number of hydrogen-bond acceptors (Lipinski definition) is 7. The first-order chi connectivity index (χ1) is 11.6. The van der Waals surface area contributed by atoms with E-state index in [-0.39, 0.29) is 11.5 Å². The summed E-state index contributed by atoms with van der Waals surface area (Å²) in [6, 6.07) is 9.74. The number of anilines is 2. The summed E-state index contributed by atoms with van der Waals surface area (Å²) in [5.41, 5.74) is 0.490. The molecule has 1 aliphatic carbocycles. The Morgan fingerprint density at radius 2 is 2.12 bits per heavy atom. The number of nitriles is 1. The lowest BCUT2D eigenvalue weighted by molar-refractivity contribution is 0.0600. The fourth-order valence-corrected chi connectivity index (χ4v) is 4.42. The minimum Gasteiger partial charge on any atom is -0.413 e. The van der Waals surface area contributed by atoms with Crippen LogP contribution in [-0.4, -0.2) is 22.3 Å². The van der Waals surface area contributed by atoms with Crippen molar-refractivity contribution < 1.29 is 9.53 Å². The Morgan fingerprint density at radius 3 is 2.67 bits per heavy atom. The molecule has 2 fully saturated rings. The van der Waals surface area contributed by atoms with Gasteiger partial charge < -0.3 is 10.1 Å². The molecule has 2 bridgehead atoms. The third kappa shape index (κ3) is 1.57. The average molecular weight is 339 g/mol. The second kappa shape index (κ2) is 4.24. The first-order valence-electron chi connectivity index (χ1n) is 7.74. The molecular formula is C16H13N5O2S. The van der Waals surface area contributed by atoms with E-state index in [4.69, 9.17) is 4.74 Å². The highest BCUT2D eigenvalue weighted by atomic mass is 32.1. The van der Waals surface area contributed by atoms with Crippen molar-refractivity contribution in [2.75, 3.05) is 10.2 Å². The Labute approximate surface area is 141 Å². The van der Waals surface area contributed by atoms with Crippen LogP contribution in [0.3, 0.4) is 0 Å². The van der Waals surface area contributed by atoms with Crippen LogP contribution in [0.1, 0.15) is 30.3 Å². The Bertz CT molecular complexity index is 898. The van der Waals surface area contributed by atoms with Gasteiger partial charge in [-0.05, 0) is 37.5 Å². The van der Waals surface area contributed by atoms with Crippen LogP contribution < -0.4 is 10.2 Å². The maximum absolute atomic E-state index is 12.5. The van der Waals surface area contributed by atoms with Gasteiger partial charge in [0.15, 0.2) is 5.01 Å². The lowest BCUT2D eigenvalue weighted by atomic mass is 9.97. The minimum absolute atomic E-state index is 0.263. The van der Waals surface area contributed by atoms with Crippen molar-refractivity contribution in [3.63, 3.8) is 0 Å². The normalized spacial score (nSPS) is 28.6. The predicted octanol–water partition coefficient (Wildman–Crippen LogP) is 2.72. The van der Waals surface area contributed by atoms with Crippen molar-refractivity contribution in [3.8, 4) is 6.07 Å². The van der Waals surface area contributed by atoms with Gasteiger partial charge in [-0.2, -0.15) is 5.26 Å². The smallest absolute Gasteiger partial charge is 0.413 e. The second-order valence-corrected chi connectivity index (χ2v) is 7.41. The van der Waals surface area contributed by atoms with Crippen LogP contribution in [0.5, 0.6) is 0 Å². The van der Waals surface area contributed by atoms with Crippen LogP contribution in [0.25, 0.3) is 0 Å². The van der Waals surface area contributed by atoms with Crippen molar-refractivity contribution in [2.24, 2.45) is 0 Å². The van der Waals surface area contributed by atoms with E-state index in [1.54, 1.807) is 4.90 Å². The summed E-state index contributed by atoms with van der Waals surface area (Å²) >= 11 is 1.40. The summed E-state index contributed by atoms with van der Waals surface area (Å²) < 4.78 is 5.65. The SMILES string of the molecule is CC1N(c2ccc(C3(C#N)CC3)cc2)C(=O)O[C@@]12Nc1nnc2s1. The van der Waals surface area contributed by atoms with Gasteiger partial charge in [0.1, 0.15) is 6.04 Å². The quantitative estimate of drug-likeness (QED) is 0.904. The fraction of sp³-hybridized carbons (Fsp3) is 0.375. The van der Waals surface area contributed by atoms with Gasteiger partial charge in [0.2, 0.25) is 5.13 Å². The molecule has 1 saturated carbocycles. The number of ether oxygens (including phenoxy) is 1. The van der Waals surface area contributed by atoms with Gasteiger partial charge in [-0.1, -0.05) is 23.5 Å². The van der Waals surface area contributed by atoms with Crippen molar-refractivity contribution in [2.45, 2.75) is 36.9 Å². The largest absolute Gasteiger partial charge is 0.417 e. The number of carbonyl (C=O) groups excluding carboxylic acids is 1. The zero-order valence-electron chi connectivity index (χ0n) is 12.8. The van der Waals surface area contributed by atoms with Gasteiger partial charge in [0.05, 0.1) is 11.5 Å². The molecule has 1 amide bonds. The maximum Gasteiger partial charge on any atom is 0.417 e. The minimum atomic E-state index is -0.943. The molecular weight excluding hydrogens is 326 g/mol. The third-order valence-corrected chi connectivity index (χ3v) is 6.07. The molecule has 2 atom stereocenters. The molecule has 7 nitrogen and oxygen atoms in total. The van der Waals surface area contributed by atoms with E-state index >= 15 is 0 Å². The zero-order valence-corrected chi connectivity index (χ0v) is 13.6. The van der Waals surface area contributed by atoms with Crippen molar-refractivity contribution >= 4 is 28.2 Å². The number of amides is 1. The van der Waals surface area contributed by atoms with Gasteiger partial charge in [-0.25, -0.2) is 4.79 Å². The summed E-state index contributed by atoms with van der Waals surface area (Å²) in [5, 5.41) is 21.8. The van der Waals surface area contributed by atoms with Crippen molar-refractivity contribution in [1.82, 2.24) is 10.2 Å². The molecule has 0 radical (unpaired) electrons. The zero-order chi connectivity index (χ0) is 16.5. The topological polar surface area (TPSA) is 91.1 Å². The van der Waals surface area contributed by atoms with Crippen LogP contribution in [0.4, 0.5) is 15.6 Å². The average Bonchev–Trinajstić information content (AvgIpc) is 3.04. The van der Waals surface area contributed by atoms with Crippen molar-refractivity contribution in [3.05, 3.63) is 34.8 Å². The number of nitrogens with zero attached hydrogens (tertiary/aromatic N) is 4. The molecule has 1 unspecified atom stereocenters. The molecule has 3 heterocycles. The fourth-order valence-electron chi connectivity index (χ4n) is 3.46. The number of carbonyl (C=O) groups is 1. The predicted molar refractivity (Wildman–Crippen MR) is 86.6 cm³/mol. The lowest BCUT2D eigenvalue weighted by Crippen LogP contribution is -2.46. The highest BCUT2D eigenvalue weighted by molar-refractivity contribution is 7.16. The van der Waals surface area contributed by atoms with Crippen LogP contribution in [0, 0.1) is 11.3 Å². The summed E-state index contributed by atoms with van der Waals surface area (Å²) in [6.07, 6.45) is 1.38. The number of fused-ring (bicyclic) bond motifs is 3. The standard InChI is InChI=1S/C16H13N5O2S/c1-9-16(12-19-20-13(18-16)24-12)23-14(22)21(9)11-4-2-10(3-5-11)15(8-17)6-7-15/h2-5,9H,6-7H2,1H3,(H,18,20)/t9?,16-/m0/s1. The molecule has 1 aromatic carbocycles. The van der Waals surface area contributed by atoms with E-state index in [1.165, 1.54) is 11.3 Å². The number of aromatic nitrogens is 2. The Kier molecular flexibility index (Phi) is 2.43. The third-order valence-electron chi connectivity index (χ3n) is 5.12.